The first kappa shape index (κ1) is 9.54. The van der Waals surface area contributed by atoms with Gasteiger partial charge >= 0.3 is 5.97 Å². The molecule has 0 spiro atoms. The predicted octanol–water partition coefficient (Wildman–Crippen LogP) is 0.891. The van der Waals surface area contributed by atoms with Crippen molar-refractivity contribution in [2.45, 2.75) is 13.5 Å². The van der Waals surface area contributed by atoms with Crippen LogP contribution in [0.15, 0.2) is 12.1 Å². The highest BCUT2D eigenvalue weighted by Gasteiger charge is 2.10. The highest BCUT2D eigenvalue weighted by molar-refractivity contribution is 5.88. The van der Waals surface area contributed by atoms with E-state index in [1.54, 1.807) is 6.92 Å². The van der Waals surface area contributed by atoms with E-state index in [-0.39, 0.29) is 23.5 Å². The second-order valence-electron chi connectivity index (χ2n) is 2.76. The lowest BCUT2D eigenvalue weighted by molar-refractivity contribution is 0.0696. The number of phenols is 1. The minimum absolute atomic E-state index is 0.0486. The summed E-state index contributed by atoms with van der Waals surface area (Å²) in [4.78, 5) is 10.6. The fourth-order valence-corrected chi connectivity index (χ4v) is 1.10. The molecule has 0 aromatic heterocycles. The van der Waals surface area contributed by atoms with E-state index >= 15 is 0 Å². The Bertz CT molecular complexity index is 344. The van der Waals surface area contributed by atoms with Gasteiger partial charge in [-0.3, -0.25) is 0 Å². The molecule has 13 heavy (non-hydrogen) atoms. The standard InChI is InChI=1S/C9H10O4/c1-5-2-6(9(12)13)3-7(4-10)8(5)11/h2-3,10-11H,4H2,1H3,(H,12,13). The number of aromatic hydroxyl groups is 1. The average molecular weight is 182 g/mol. The molecular formula is C9H10O4. The third-order valence-corrected chi connectivity index (χ3v) is 1.80. The van der Waals surface area contributed by atoms with Gasteiger partial charge in [-0.25, -0.2) is 4.79 Å². The Hall–Kier alpha value is -1.55. The molecule has 0 amide bonds. The van der Waals surface area contributed by atoms with Crippen LogP contribution in [0.25, 0.3) is 0 Å². The summed E-state index contributed by atoms with van der Waals surface area (Å²) >= 11 is 0. The van der Waals surface area contributed by atoms with Gasteiger partial charge in [-0.15, -0.1) is 0 Å². The second kappa shape index (κ2) is 3.45. The summed E-state index contributed by atoms with van der Waals surface area (Å²) in [6.45, 7) is 1.22. The van der Waals surface area contributed by atoms with Crippen LogP contribution >= 0.6 is 0 Å². The Morgan fingerprint density at radius 3 is 2.54 bits per heavy atom. The van der Waals surface area contributed by atoms with E-state index < -0.39 is 5.97 Å². The molecule has 4 heteroatoms. The maximum atomic E-state index is 10.6. The second-order valence-corrected chi connectivity index (χ2v) is 2.76. The van der Waals surface area contributed by atoms with Crippen molar-refractivity contribution in [2.24, 2.45) is 0 Å². The molecule has 0 aliphatic heterocycles. The summed E-state index contributed by atoms with van der Waals surface area (Å²) in [5, 5.41) is 26.8. The number of carboxylic acids is 1. The fourth-order valence-electron chi connectivity index (χ4n) is 1.10. The van der Waals surface area contributed by atoms with E-state index in [2.05, 4.69) is 0 Å². The van der Waals surface area contributed by atoms with Gasteiger partial charge in [0, 0.05) is 5.56 Å². The largest absolute Gasteiger partial charge is 0.507 e. The summed E-state index contributed by atoms with van der Waals surface area (Å²) in [5.41, 5.74) is 0.751. The zero-order valence-electron chi connectivity index (χ0n) is 7.11. The van der Waals surface area contributed by atoms with Crippen LogP contribution in [-0.2, 0) is 6.61 Å². The lowest BCUT2D eigenvalue weighted by Crippen LogP contribution is -1.99. The number of aromatic carboxylic acids is 1. The Morgan fingerprint density at radius 1 is 1.46 bits per heavy atom. The zero-order chi connectivity index (χ0) is 10.0. The fraction of sp³-hybridized carbons (Fsp3) is 0.222. The molecular weight excluding hydrogens is 172 g/mol. The first-order valence-corrected chi connectivity index (χ1v) is 3.73. The molecule has 0 fully saturated rings. The smallest absolute Gasteiger partial charge is 0.335 e. The number of carbonyl (C=O) groups is 1. The molecule has 1 aromatic carbocycles. The van der Waals surface area contributed by atoms with Gasteiger partial charge in [0.15, 0.2) is 0 Å². The first-order valence-electron chi connectivity index (χ1n) is 3.73. The minimum Gasteiger partial charge on any atom is -0.507 e. The summed E-state index contributed by atoms with van der Waals surface area (Å²) in [7, 11) is 0. The van der Waals surface area contributed by atoms with Crippen molar-refractivity contribution in [3.8, 4) is 5.75 Å². The normalized spacial score (nSPS) is 10.0. The maximum absolute atomic E-state index is 10.6. The van der Waals surface area contributed by atoms with E-state index in [0.717, 1.165) is 0 Å². The molecule has 0 aliphatic rings. The molecule has 0 aliphatic carbocycles. The molecule has 3 N–H and O–H groups in total. The van der Waals surface area contributed by atoms with Crippen molar-refractivity contribution in [3.05, 3.63) is 28.8 Å². The van der Waals surface area contributed by atoms with Gasteiger partial charge in [0.2, 0.25) is 0 Å². The van der Waals surface area contributed by atoms with Crippen LogP contribution in [0.4, 0.5) is 0 Å². The quantitative estimate of drug-likeness (QED) is 0.634. The highest BCUT2D eigenvalue weighted by Crippen LogP contribution is 2.23. The Balaban J connectivity index is 3.30. The Labute approximate surface area is 75.1 Å². The third kappa shape index (κ3) is 1.78. The summed E-state index contributed by atoms with van der Waals surface area (Å²) in [5.74, 6) is -1.12. The molecule has 0 saturated heterocycles. The van der Waals surface area contributed by atoms with Gasteiger partial charge in [0.05, 0.1) is 12.2 Å². The number of hydrogen-bond donors (Lipinski definition) is 3. The van der Waals surface area contributed by atoms with Crippen molar-refractivity contribution < 1.29 is 20.1 Å². The summed E-state index contributed by atoms with van der Waals surface area (Å²) in [6.07, 6.45) is 0. The molecule has 4 nitrogen and oxygen atoms in total. The monoisotopic (exact) mass is 182 g/mol. The molecule has 0 saturated carbocycles. The average Bonchev–Trinajstić information content (AvgIpc) is 2.09. The van der Waals surface area contributed by atoms with Gasteiger partial charge in [0.25, 0.3) is 0 Å². The van der Waals surface area contributed by atoms with Crippen LogP contribution in [0.5, 0.6) is 5.75 Å². The van der Waals surface area contributed by atoms with Crippen LogP contribution in [0.1, 0.15) is 21.5 Å². The number of aliphatic hydroxyl groups excluding tert-OH is 1. The molecule has 0 heterocycles. The van der Waals surface area contributed by atoms with Crippen molar-refractivity contribution in [2.75, 3.05) is 0 Å². The van der Waals surface area contributed by atoms with E-state index in [9.17, 15) is 9.90 Å². The number of carboxylic acid groups (broad SMARTS) is 1. The van der Waals surface area contributed by atoms with Crippen molar-refractivity contribution in [3.63, 3.8) is 0 Å². The third-order valence-electron chi connectivity index (χ3n) is 1.80. The molecule has 1 aromatic rings. The Morgan fingerprint density at radius 2 is 2.08 bits per heavy atom. The number of aliphatic hydroxyl groups is 1. The lowest BCUT2D eigenvalue weighted by Gasteiger charge is -2.05. The molecule has 0 bridgehead atoms. The van der Waals surface area contributed by atoms with Crippen molar-refractivity contribution >= 4 is 5.97 Å². The van der Waals surface area contributed by atoms with Crippen molar-refractivity contribution in [1.82, 2.24) is 0 Å². The lowest BCUT2D eigenvalue weighted by atomic mass is 10.1. The van der Waals surface area contributed by atoms with Crippen LogP contribution in [0.3, 0.4) is 0 Å². The summed E-state index contributed by atoms with van der Waals surface area (Å²) < 4.78 is 0. The number of hydrogen-bond acceptors (Lipinski definition) is 3. The number of aryl methyl sites for hydroxylation is 1. The molecule has 70 valence electrons. The number of rotatable bonds is 2. The van der Waals surface area contributed by atoms with E-state index in [1.807, 2.05) is 0 Å². The topological polar surface area (TPSA) is 77.8 Å². The first-order chi connectivity index (χ1) is 6.06. The van der Waals surface area contributed by atoms with Crippen LogP contribution in [-0.4, -0.2) is 21.3 Å². The van der Waals surface area contributed by atoms with Crippen LogP contribution in [0.2, 0.25) is 0 Å². The van der Waals surface area contributed by atoms with Gasteiger partial charge in [-0.2, -0.15) is 0 Å². The SMILES string of the molecule is Cc1cc(C(=O)O)cc(CO)c1O. The maximum Gasteiger partial charge on any atom is 0.335 e. The van der Waals surface area contributed by atoms with Gasteiger partial charge < -0.3 is 15.3 Å². The predicted molar refractivity (Wildman–Crippen MR) is 45.7 cm³/mol. The van der Waals surface area contributed by atoms with Gasteiger partial charge in [-0.05, 0) is 24.6 Å². The minimum atomic E-state index is -1.07. The van der Waals surface area contributed by atoms with Gasteiger partial charge in [-0.1, -0.05) is 0 Å². The molecule has 1 rings (SSSR count). The summed E-state index contributed by atoms with van der Waals surface area (Å²) in [6, 6.07) is 2.61. The van der Waals surface area contributed by atoms with E-state index in [1.165, 1.54) is 12.1 Å². The van der Waals surface area contributed by atoms with Crippen LogP contribution < -0.4 is 0 Å². The van der Waals surface area contributed by atoms with Crippen molar-refractivity contribution in [1.29, 1.82) is 0 Å². The molecule has 0 atom stereocenters. The van der Waals surface area contributed by atoms with E-state index in [0.29, 0.717) is 5.56 Å². The van der Waals surface area contributed by atoms with Gasteiger partial charge in [0.1, 0.15) is 5.75 Å². The highest BCUT2D eigenvalue weighted by atomic mass is 16.4. The zero-order valence-corrected chi connectivity index (χ0v) is 7.11. The molecule has 0 radical (unpaired) electrons. The van der Waals surface area contributed by atoms with Crippen LogP contribution in [0, 0.1) is 6.92 Å². The number of benzene rings is 1. The molecule has 0 unspecified atom stereocenters. The van der Waals surface area contributed by atoms with E-state index in [4.69, 9.17) is 10.2 Å². The Kier molecular flexibility index (Phi) is 2.53.